The summed E-state index contributed by atoms with van der Waals surface area (Å²) in [7, 11) is -1.48. The molecule has 0 aliphatic rings. The van der Waals surface area contributed by atoms with Crippen LogP contribution in [0.4, 0.5) is 0 Å². The van der Waals surface area contributed by atoms with Gasteiger partial charge in [-0.05, 0) is 25.8 Å². The Kier molecular flexibility index (Phi) is 12.0. The first-order valence-corrected chi connectivity index (χ1v) is 9.60. The maximum atomic E-state index is 11.7. The second-order valence-electron chi connectivity index (χ2n) is 5.18. The second-order valence-corrected chi connectivity index (χ2v) is 7.55. The third-order valence-corrected chi connectivity index (χ3v) is 5.25. The molecule has 0 fully saturated rings. The molecule has 0 radical (unpaired) electrons. The zero-order valence-corrected chi connectivity index (χ0v) is 17.8. The lowest BCUT2D eigenvalue weighted by molar-refractivity contribution is 0.461. The number of sulfonamides is 1. The highest BCUT2D eigenvalue weighted by Crippen LogP contribution is 2.00. The molecule has 0 atom stereocenters. The van der Waals surface area contributed by atoms with E-state index < -0.39 is 10.0 Å². The highest BCUT2D eigenvalue weighted by atomic mass is 127. The third-order valence-electron chi connectivity index (χ3n) is 3.39. The van der Waals surface area contributed by atoms with Crippen LogP contribution in [0.5, 0.6) is 0 Å². The lowest BCUT2D eigenvalue weighted by atomic mass is 10.2. The number of nitrogens with zero attached hydrogens (tertiary/aromatic N) is 2. The van der Waals surface area contributed by atoms with Crippen molar-refractivity contribution >= 4 is 40.0 Å². The molecule has 0 saturated heterocycles. The Bertz CT molecular complexity index is 579. The summed E-state index contributed by atoms with van der Waals surface area (Å²) in [6.07, 6.45) is 0.728. The standard InChI is InChI=1S/C16H28N4O2S.HI/c1-4-17-16(19-14-15-10-7-6-8-11-15)18-12-9-13-20(3)23(21,22)5-2;/h6-8,10-11H,4-5,9,12-14H2,1-3H3,(H2,17,18,19);1H. The minimum Gasteiger partial charge on any atom is -0.357 e. The van der Waals surface area contributed by atoms with Crippen molar-refractivity contribution in [2.24, 2.45) is 4.99 Å². The number of aliphatic imine (C=N–C) groups is 1. The van der Waals surface area contributed by atoms with Crippen molar-refractivity contribution < 1.29 is 8.42 Å². The van der Waals surface area contributed by atoms with Gasteiger partial charge in [-0.1, -0.05) is 30.3 Å². The number of benzene rings is 1. The van der Waals surface area contributed by atoms with E-state index >= 15 is 0 Å². The van der Waals surface area contributed by atoms with Crippen LogP contribution in [0.15, 0.2) is 35.3 Å². The van der Waals surface area contributed by atoms with Gasteiger partial charge in [0.1, 0.15) is 0 Å². The minimum absolute atomic E-state index is 0. The first-order chi connectivity index (χ1) is 11.0. The van der Waals surface area contributed by atoms with Crippen LogP contribution in [0.3, 0.4) is 0 Å². The molecule has 0 amide bonds. The van der Waals surface area contributed by atoms with Crippen molar-refractivity contribution in [1.82, 2.24) is 14.9 Å². The summed E-state index contributed by atoms with van der Waals surface area (Å²) in [5.74, 6) is 0.885. The smallest absolute Gasteiger partial charge is 0.213 e. The normalized spacial score (nSPS) is 11.9. The van der Waals surface area contributed by atoms with Gasteiger partial charge in [0.25, 0.3) is 0 Å². The summed E-state index contributed by atoms with van der Waals surface area (Å²) < 4.78 is 24.7. The summed E-state index contributed by atoms with van der Waals surface area (Å²) in [5, 5.41) is 6.42. The zero-order chi connectivity index (χ0) is 17.1. The predicted octanol–water partition coefficient (Wildman–Crippen LogP) is 2.03. The van der Waals surface area contributed by atoms with Gasteiger partial charge in [0, 0.05) is 26.7 Å². The van der Waals surface area contributed by atoms with Crippen molar-refractivity contribution in [3.63, 3.8) is 0 Å². The van der Waals surface area contributed by atoms with E-state index in [2.05, 4.69) is 15.6 Å². The van der Waals surface area contributed by atoms with Gasteiger partial charge in [-0.2, -0.15) is 0 Å². The van der Waals surface area contributed by atoms with Crippen LogP contribution in [0.1, 0.15) is 25.8 Å². The van der Waals surface area contributed by atoms with Crippen molar-refractivity contribution in [3.05, 3.63) is 35.9 Å². The van der Waals surface area contributed by atoms with Crippen LogP contribution in [0, 0.1) is 0 Å². The number of halogens is 1. The predicted molar refractivity (Wildman–Crippen MR) is 111 cm³/mol. The van der Waals surface area contributed by atoms with E-state index in [1.54, 1.807) is 14.0 Å². The first-order valence-electron chi connectivity index (χ1n) is 7.99. The van der Waals surface area contributed by atoms with Gasteiger partial charge in [0.2, 0.25) is 10.0 Å². The van der Waals surface area contributed by atoms with E-state index in [4.69, 9.17) is 0 Å². The molecule has 1 aromatic rings. The van der Waals surface area contributed by atoms with Gasteiger partial charge >= 0.3 is 0 Å². The summed E-state index contributed by atoms with van der Waals surface area (Å²) in [4.78, 5) is 4.53. The second kappa shape index (κ2) is 12.5. The van der Waals surface area contributed by atoms with Gasteiger partial charge in [-0.15, -0.1) is 24.0 Å². The van der Waals surface area contributed by atoms with Crippen molar-refractivity contribution in [2.45, 2.75) is 26.8 Å². The zero-order valence-electron chi connectivity index (χ0n) is 14.7. The molecular weight excluding hydrogens is 439 g/mol. The fourth-order valence-electron chi connectivity index (χ4n) is 1.96. The average Bonchev–Trinajstić information content (AvgIpc) is 2.57. The summed E-state index contributed by atoms with van der Waals surface area (Å²) >= 11 is 0. The molecule has 8 heteroatoms. The highest BCUT2D eigenvalue weighted by Gasteiger charge is 2.13. The van der Waals surface area contributed by atoms with E-state index in [-0.39, 0.29) is 29.7 Å². The van der Waals surface area contributed by atoms with E-state index in [0.717, 1.165) is 24.5 Å². The Hall–Kier alpha value is -0.870. The lowest BCUT2D eigenvalue weighted by Crippen LogP contribution is -2.39. The van der Waals surface area contributed by atoms with E-state index in [1.165, 1.54) is 4.31 Å². The molecule has 24 heavy (non-hydrogen) atoms. The molecule has 0 heterocycles. The molecule has 2 N–H and O–H groups in total. The third kappa shape index (κ3) is 8.84. The molecular formula is C16H29IN4O2S. The number of hydrogen-bond acceptors (Lipinski definition) is 3. The van der Waals surface area contributed by atoms with Crippen LogP contribution >= 0.6 is 24.0 Å². The Labute approximate surface area is 163 Å². The van der Waals surface area contributed by atoms with Crippen molar-refractivity contribution in [2.75, 3.05) is 32.4 Å². The lowest BCUT2D eigenvalue weighted by Gasteiger charge is -2.16. The largest absolute Gasteiger partial charge is 0.357 e. The van der Waals surface area contributed by atoms with E-state index in [1.807, 2.05) is 37.3 Å². The van der Waals surface area contributed by atoms with Gasteiger partial charge in [-0.3, -0.25) is 0 Å². The summed E-state index contributed by atoms with van der Waals surface area (Å²) in [5.41, 5.74) is 1.15. The van der Waals surface area contributed by atoms with Crippen LogP contribution in [-0.4, -0.2) is 51.1 Å². The molecule has 0 aliphatic carbocycles. The van der Waals surface area contributed by atoms with E-state index in [9.17, 15) is 8.42 Å². The molecule has 0 aromatic heterocycles. The molecule has 0 aliphatic heterocycles. The van der Waals surface area contributed by atoms with Gasteiger partial charge in [-0.25, -0.2) is 17.7 Å². The Morgan fingerprint density at radius 1 is 1.17 bits per heavy atom. The Morgan fingerprint density at radius 2 is 1.83 bits per heavy atom. The molecule has 6 nitrogen and oxygen atoms in total. The topological polar surface area (TPSA) is 73.8 Å². The van der Waals surface area contributed by atoms with Gasteiger partial charge < -0.3 is 10.6 Å². The number of nitrogens with one attached hydrogen (secondary N) is 2. The molecule has 0 unspecified atom stereocenters. The molecule has 1 rings (SSSR count). The van der Waals surface area contributed by atoms with Crippen molar-refractivity contribution in [1.29, 1.82) is 0 Å². The number of hydrogen-bond donors (Lipinski definition) is 2. The molecule has 0 spiro atoms. The quantitative estimate of drug-likeness (QED) is 0.252. The van der Waals surface area contributed by atoms with Gasteiger partial charge in [0.05, 0.1) is 12.3 Å². The molecule has 138 valence electrons. The number of rotatable bonds is 9. The SMILES string of the molecule is CCNC(=NCc1ccccc1)NCCCN(C)S(=O)(=O)CC.I. The van der Waals surface area contributed by atoms with Crippen LogP contribution < -0.4 is 10.6 Å². The molecule has 0 bridgehead atoms. The maximum Gasteiger partial charge on any atom is 0.213 e. The average molecular weight is 468 g/mol. The van der Waals surface area contributed by atoms with Crippen molar-refractivity contribution in [3.8, 4) is 0 Å². The van der Waals surface area contributed by atoms with Crippen LogP contribution in [-0.2, 0) is 16.6 Å². The van der Waals surface area contributed by atoms with Crippen LogP contribution in [0.25, 0.3) is 0 Å². The monoisotopic (exact) mass is 468 g/mol. The fraction of sp³-hybridized carbons (Fsp3) is 0.562. The Morgan fingerprint density at radius 3 is 2.42 bits per heavy atom. The Balaban J connectivity index is 0.00000529. The molecule has 0 saturated carbocycles. The first kappa shape index (κ1) is 23.1. The van der Waals surface area contributed by atoms with Gasteiger partial charge in [0.15, 0.2) is 5.96 Å². The summed E-state index contributed by atoms with van der Waals surface area (Å²) in [6.45, 7) is 6.24. The maximum absolute atomic E-state index is 11.7. The van der Waals surface area contributed by atoms with E-state index in [0.29, 0.717) is 19.6 Å². The summed E-state index contributed by atoms with van der Waals surface area (Å²) in [6, 6.07) is 10.1. The van der Waals surface area contributed by atoms with Crippen LogP contribution in [0.2, 0.25) is 0 Å². The minimum atomic E-state index is -3.10. The molecule has 1 aromatic carbocycles. The highest BCUT2D eigenvalue weighted by molar-refractivity contribution is 14.0. The fourth-order valence-corrected chi connectivity index (χ4v) is 2.81. The number of guanidine groups is 1.